The summed E-state index contributed by atoms with van der Waals surface area (Å²) in [6.07, 6.45) is 1.21. The molecule has 0 aliphatic carbocycles. The summed E-state index contributed by atoms with van der Waals surface area (Å²) in [7, 11) is -0.0146. The van der Waals surface area contributed by atoms with E-state index in [1.54, 1.807) is 32.4 Å². The van der Waals surface area contributed by atoms with Crippen LogP contribution in [0.3, 0.4) is 0 Å². The highest BCUT2D eigenvalue weighted by molar-refractivity contribution is 7.92. The molecule has 0 atom stereocenters. The Morgan fingerprint density at radius 1 is 1.00 bits per heavy atom. The molecule has 0 bridgehead atoms. The fraction of sp³-hybridized carbons (Fsp3) is 0.231. The normalized spacial score (nSPS) is 11.3. The van der Waals surface area contributed by atoms with Crippen LogP contribution in [0.5, 0.6) is 11.5 Å². The zero-order chi connectivity index (χ0) is 14.0. The summed E-state index contributed by atoms with van der Waals surface area (Å²) in [5.74, 6) is 1.26. The number of hydrogen-bond acceptors (Lipinski definition) is 5. The lowest BCUT2D eigenvalue weighted by atomic mass is 10.1. The van der Waals surface area contributed by atoms with Gasteiger partial charge in [0.1, 0.15) is 4.21 Å². The summed E-state index contributed by atoms with van der Waals surface area (Å²) < 4.78 is 33.7. The minimum absolute atomic E-state index is 0.359. The van der Waals surface area contributed by atoms with E-state index >= 15 is 0 Å². The van der Waals surface area contributed by atoms with Gasteiger partial charge in [0, 0.05) is 11.1 Å². The fourth-order valence-electron chi connectivity index (χ4n) is 1.66. The Hall–Kier alpha value is -1.53. The third kappa shape index (κ3) is 2.90. The zero-order valence-electron chi connectivity index (χ0n) is 10.8. The van der Waals surface area contributed by atoms with E-state index in [0.29, 0.717) is 15.7 Å². The second-order valence-electron chi connectivity index (χ2n) is 3.96. The molecule has 1 aromatic carbocycles. The number of benzene rings is 1. The van der Waals surface area contributed by atoms with E-state index in [-0.39, 0.29) is 0 Å². The van der Waals surface area contributed by atoms with Gasteiger partial charge < -0.3 is 9.47 Å². The summed E-state index contributed by atoms with van der Waals surface area (Å²) in [5, 5.41) is 0. The van der Waals surface area contributed by atoms with Gasteiger partial charge in [0.15, 0.2) is 21.3 Å². The minimum atomic E-state index is -3.16. The van der Waals surface area contributed by atoms with Gasteiger partial charge in [-0.2, -0.15) is 0 Å². The van der Waals surface area contributed by atoms with Gasteiger partial charge in [-0.3, -0.25) is 0 Å². The smallest absolute Gasteiger partial charge is 0.184 e. The second-order valence-corrected chi connectivity index (χ2v) is 7.29. The zero-order valence-corrected chi connectivity index (χ0v) is 12.5. The van der Waals surface area contributed by atoms with Crippen LogP contribution in [0.4, 0.5) is 0 Å². The Balaban J connectivity index is 2.45. The van der Waals surface area contributed by atoms with Gasteiger partial charge in [-0.15, -0.1) is 11.3 Å². The van der Waals surface area contributed by atoms with Crippen molar-refractivity contribution in [3.63, 3.8) is 0 Å². The first kappa shape index (κ1) is 13.9. The van der Waals surface area contributed by atoms with Crippen molar-refractivity contribution in [3.05, 3.63) is 30.3 Å². The molecule has 0 saturated heterocycles. The molecule has 0 aliphatic heterocycles. The lowest BCUT2D eigenvalue weighted by Crippen LogP contribution is -1.91. The van der Waals surface area contributed by atoms with Crippen molar-refractivity contribution in [2.45, 2.75) is 4.21 Å². The van der Waals surface area contributed by atoms with Gasteiger partial charge in [0.2, 0.25) is 0 Å². The molecule has 0 radical (unpaired) electrons. The van der Waals surface area contributed by atoms with Crippen molar-refractivity contribution in [1.29, 1.82) is 0 Å². The summed E-state index contributed by atoms with van der Waals surface area (Å²) in [4.78, 5) is 0.876. The SMILES string of the molecule is COc1ccc(-c2ccc(S(C)(=O)=O)s2)cc1OC. The van der Waals surface area contributed by atoms with Crippen LogP contribution in [0.15, 0.2) is 34.5 Å². The van der Waals surface area contributed by atoms with Crippen LogP contribution in [-0.4, -0.2) is 28.9 Å². The van der Waals surface area contributed by atoms with Gasteiger partial charge in [-0.1, -0.05) is 0 Å². The van der Waals surface area contributed by atoms with Crippen LogP contribution >= 0.6 is 11.3 Å². The number of thiophene rings is 1. The predicted octanol–water partition coefficient (Wildman–Crippen LogP) is 2.84. The Labute approximate surface area is 116 Å². The topological polar surface area (TPSA) is 52.6 Å². The molecular formula is C13H14O4S2. The largest absolute Gasteiger partial charge is 0.493 e. The predicted molar refractivity (Wildman–Crippen MR) is 76.0 cm³/mol. The van der Waals surface area contributed by atoms with Gasteiger partial charge in [-0.05, 0) is 35.9 Å². The molecule has 1 heterocycles. The second kappa shape index (κ2) is 5.22. The van der Waals surface area contributed by atoms with Crippen LogP contribution in [0.2, 0.25) is 0 Å². The summed E-state index contributed by atoms with van der Waals surface area (Å²) >= 11 is 1.24. The summed E-state index contributed by atoms with van der Waals surface area (Å²) in [5.41, 5.74) is 0.901. The number of ether oxygens (including phenoxy) is 2. The average Bonchev–Trinajstić information content (AvgIpc) is 2.87. The lowest BCUT2D eigenvalue weighted by molar-refractivity contribution is 0.355. The first-order valence-corrected chi connectivity index (χ1v) is 8.19. The quantitative estimate of drug-likeness (QED) is 0.871. The third-order valence-electron chi connectivity index (χ3n) is 2.61. The van der Waals surface area contributed by atoms with Crippen LogP contribution in [-0.2, 0) is 9.84 Å². The number of sulfone groups is 1. The molecule has 2 rings (SSSR count). The van der Waals surface area contributed by atoms with Crippen molar-refractivity contribution in [3.8, 4) is 21.9 Å². The Bertz CT molecular complexity index is 686. The van der Waals surface area contributed by atoms with Crippen LogP contribution in [0.1, 0.15) is 0 Å². The molecule has 0 saturated carbocycles. The molecule has 2 aromatic rings. The highest BCUT2D eigenvalue weighted by Gasteiger charge is 2.13. The first-order valence-electron chi connectivity index (χ1n) is 5.48. The molecule has 102 valence electrons. The molecule has 0 fully saturated rings. The van der Waals surface area contributed by atoms with E-state index in [0.717, 1.165) is 10.4 Å². The van der Waals surface area contributed by atoms with Gasteiger partial charge in [0.05, 0.1) is 14.2 Å². The average molecular weight is 298 g/mol. The van der Waals surface area contributed by atoms with Crippen molar-refractivity contribution in [2.75, 3.05) is 20.5 Å². The summed E-state index contributed by atoms with van der Waals surface area (Å²) in [6, 6.07) is 8.91. The lowest BCUT2D eigenvalue weighted by Gasteiger charge is -2.08. The summed E-state index contributed by atoms with van der Waals surface area (Å²) in [6.45, 7) is 0. The van der Waals surface area contributed by atoms with Crippen molar-refractivity contribution in [1.82, 2.24) is 0 Å². The van der Waals surface area contributed by atoms with Gasteiger partial charge in [-0.25, -0.2) is 8.42 Å². The van der Waals surface area contributed by atoms with E-state index < -0.39 is 9.84 Å². The molecule has 0 amide bonds. The monoisotopic (exact) mass is 298 g/mol. The fourth-order valence-corrected chi connectivity index (χ4v) is 3.59. The van der Waals surface area contributed by atoms with E-state index in [1.165, 1.54) is 17.6 Å². The number of hydrogen-bond donors (Lipinski definition) is 0. The standard InChI is InChI=1S/C13H14O4S2/c1-16-10-5-4-9(8-11(10)17-2)12-6-7-13(18-12)19(3,14)15/h4-8H,1-3H3. The molecule has 4 nitrogen and oxygen atoms in total. The maximum atomic E-state index is 11.5. The molecule has 6 heteroatoms. The van der Waals surface area contributed by atoms with E-state index in [4.69, 9.17) is 9.47 Å². The molecule has 0 N–H and O–H groups in total. The Morgan fingerprint density at radius 2 is 1.68 bits per heavy atom. The van der Waals surface area contributed by atoms with Crippen molar-refractivity contribution in [2.24, 2.45) is 0 Å². The molecule has 19 heavy (non-hydrogen) atoms. The highest BCUT2D eigenvalue weighted by Crippen LogP contribution is 2.36. The maximum absolute atomic E-state index is 11.5. The number of methoxy groups -OCH3 is 2. The van der Waals surface area contributed by atoms with Crippen LogP contribution in [0.25, 0.3) is 10.4 Å². The maximum Gasteiger partial charge on any atom is 0.184 e. The molecule has 0 spiro atoms. The van der Waals surface area contributed by atoms with E-state index in [2.05, 4.69) is 0 Å². The number of rotatable bonds is 4. The highest BCUT2D eigenvalue weighted by atomic mass is 32.2. The Kier molecular flexibility index (Phi) is 3.82. The van der Waals surface area contributed by atoms with E-state index in [9.17, 15) is 8.42 Å². The molecule has 1 aromatic heterocycles. The first-order chi connectivity index (χ1) is 8.95. The molecule has 0 unspecified atom stereocenters. The Morgan fingerprint density at radius 3 is 2.21 bits per heavy atom. The van der Waals surface area contributed by atoms with Crippen LogP contribution < -0.4 is 9.47 Å². The van der Waals surface area contributed by atoms with Gasteiger partial charge in [0.25, 0.3) is 0 Å². The van der Waals surface area contributed by atoms with Crippen LogP contribution in [0, 0.1) is 0 Å². The third-order valence-corrected chi connectivity index (χ3v) is 5.57. The molecule has 0 aliphatic rings. The van der Waals surface area contributed by atoms with Gasteiger partial charge >= 0.3 is 0 Å². The minimum Gasteiger partial charge on any atom is -0.493 e. The van der Waals surface area contributed by atoms with E-state index in [1.807, 2.05) is 12.1 Å². The molecular weight excluding hydrogens is 284 g/mol. The van der Waals surface area contributed by atoms with Crippen molar-refractivity contribution < 1.29 is 17.9 Å². The van der Waals surface area contributed by atoms with Crippen molar-refractivity contribution >= 4 is 21.2 Å².